The van der Waals surface area contributed by atoms with E-state index in [0.717, 1.165) is 5.56 Å². The SMILES string of the molecule is COc1ccc(CN(C(=O)CSCc2c(F)cccc2Cl)[C@H](C)C(=O)NC(C)(C)C)cc1. The maximum atomic E-state index is 14.0. The first-order valence-electron chi connectivity index (χ1n) is 10.3. The molecule has 0 aliphatic rings. The van der Waals surface area contributed by atoms with Crippen molar-refractivity contribution in [1.82, 2.24) is 10.2 Å². The predicted octanol–water partition coefficient (Wildman–Crippen LogP) is 5.05. The average Bonchev–Trinajstić information content (AvgIpc) is 2.72. The van der Waals surface area contributed by atoms with Crippen LogP contribution in [-0.2, 0) is 21.9 Å². The van der Waals surface area contributed by atoms with Gasteiger partial charge in [0, 0.05) is 28.4 Å². The fourth-order valence-electron chi connectivity index (χ4n) is 2.98. The van der Waals surface area contributed by atoms with Crippen LogP contribution in [0.4, 0.5) is 4.39 Å². The Kier molecular flexibility index (Phi) is 9.40. The van der Waals surface area contributed by atoms with Gasteiger partial charge in [-0.1, -0.05) is 29.8 Å². The fourth-order valence-corrected chi connectivity index (χ4v) is 4.23. The van der Waals surface area contributed by atoms with Crippen LogP contribution in [0.15, 0.2) is 42.5 Å². The van der Waals surface area contributed by atoms with E-state index in [-0.39, 0.29) is 29.9 Å². The van der Waals surface area contributed by atoms with Crippen molar-refractivity contribution in [2.75, 3.05) is 12.9 Å². The first kappa shape index (κ1) is 26.0. The van der Waals surface area contributed by atoms with Crippen molar-refractivity contribution in [2.45, 2.75) is 51.6 Å². The lowest BCUT2D eigenvalue weighted by Crippen LogP contribution is -2.52. The molecule has 0 saturated heterocycles. The first-order chi connectivity index (χ1) is 15.0. The van der Waals surface area contributed by atoms with Crippen molar-refractivity contribution in [3.05, 3.63) is 64.4 Å². The maximum absolute atomic E-state index is 14.0. The van der Waals surface area contributed by atoms with Crippen LogP contribution >= 0.6 is 23.4 Å². The molecule has 0 heterocycles. The largest absolute Gasteiger partial charge is 0.497 e. The van der Waals surface area contributed by atoms with E-state index in [2.05, 4.69) is 5.32 Å². The number of nitrogens with zero attached hydrogens (tertiary/aromatic N) is 1. The minimum Gasteiger partial charge on any atom is -0.497 e. The molecule has 32 heavy (non-hydrogen) atoms. The minimum absolute atomic E-state index is 0.0912. The van der Waals surface area contributed by atoms with Crippen LogP contribution < -0.4 is 10.1 Å². The topological polar surface area (TPSA) is 58.6 Å². The van der Waals surface area contributed by atoms with Gasteiger partial charge in [-0.2, -0.15) is 0 Å². The number of methoxy groups -OCH3 is 1. The van der Waals surface area contributed by atoms with Gasteiger partial charge in [0.25, 0.3) is 0 Å². The summed E-state index contributed by atoms with van der Waals surface area (Å²) in [6.07, 6.45) is 0. The Morgan fingerprint density at radius 1 is 1.19 bits per heavy atom. The maximum Gasteiger partial charge on any atom is 0.242 e. The van der Waals surface area contributed by atoms with E-state index in [1.54, 1.807) is 31.1 Å². The van der Waals surface area contributed by atoms with Crippen LogP contribution in [-0.4, -0.2) is 41.2 Å². The second kappa shape index (κ2) is 11.6. The van der Waals surface area contributed by atoms with Crippen LogP contribution in [0.25, 0.3) is 0 Å². The third-order valence-electron chi connectivity index (χ3n) is 4.71. The van der Waals surface area contributed by atoms with Gasteiger partial charge in [0.15, 0.2) is 0 Å². The lowest BCUT2D eigenvalue weighted by Gasteiger charge is -2.31. The molecule has 0 radical (unpaired) electrons. The fraction of sp³-hybridized carbons (Fsp3) is 0.417. The molecule has 5 nitrogen and oxygen atoms in total. The summed E-state index contributed by atoms with van der Waals surface area (Å²) in [7, 11) is 1.59. The van der Waals surface area contributed by atoms with Crippen LogP contribution in [0.5, 0.6) is 5.75 Å². The molecule has 1 atom stereocenters. The van der Waals surface area contributed by atoms with E-state index in [1.165, 1.54) is 17.8 Å². The molecular formula is C24H30ClFN2O3S. The Balaban J connectivity index is 2.14. The summed E-state index contributed by atoms with van der Waals surface area (Å²) in [5.41, 5.74) is 0.820. The molecular weight excluding hydrogens is 451 g/mol. The smallest absolute Gasteiger partial charge is 0.242 e. The van der Waals surface area contributed by atoms with Gasteiger partial charge in [0.2, 0.25) is 11.8 Å². The van der Waals surface area contributed by atoms with E-state index in [0.29, 0.717) is 16.3 Å². The number of carbonyl (C=O) groups is 2. The molecule has 174 valence electrons. The Morgan fingerprint density at radius 3 is 2.41 bits per heavy atom. The second-order valence-electron chi connectivity index (χ2n) is 8.48. The number of nitrogens with one attached hydrogen (secondary N) is 1. The lowest BCUT2D eigenvalue weighted by atomic mass is 10.1. The number of amides is 2. The van der Waals surface area contributed by atoms with Crippen molar-refractivity contribution in [1.29, 1.82) is 0 Å². The van der Waals surface area contributed by atoms with Crippen molar-refractivity contribution < 1.29 is 18.7 Å². The molecule has 0 aliphatic carbocycles. The zero-order valence-electron chi connectivity index (χ0n) is 19.1. The van der Waals surface area contributed by atoms with Gasteiger partial charge in [-0.15, -0.1) is 11.8 Å². The summed E-state index contributed by atoms with van der Waals surface area (Å²) in [5, 5.41) is 3.26. The Hall–Kier alpha value is -2.25. The first-order valence-corrected chi connectivity index (χ1v) is 11.8. The molecule has 0 unspecified atom stereocenters. The third-order valence-corrected chi connectivity index (χ3v) is 6.01. The predicted molar refractivity (Wildman–Crippen MR) is 128 cm³/mol. The van der Waals surface area contributed by atoms with Gasteiger partial charge >= 0.3 is 0 Å². The highest BCUT2D eigenvalue weighted by atomic mass is 35.5. The molecule has 8 heteroatoms. The molecule has 0 fully saturated rings. The third kappa shape index (κ3) is 7.71. The molecule has 0 saturated carbocycles. The summed E-state index contributed by atoms with van der Waals surface area (Å²) in [6, 6.07) is 11.2. The highest BCUT2D eigenvalue weighted by molar-refractivity contribution is 7.99. The van der Waals surface area contributed by atoms with Gasteiger partial charge < -0.3 is 15.0 Å². The Morgan fingerprint density at radius 2 is 1.84 bits per heavy atom. The van der Waals surface area contributed by atoms with Gasteiger partial charge in [-0.05, 0) is 57.5 Å². The van der Waals surface area contributed by atoms with E-state index >= 15 is 0 Å². The van der Waals surface area contributed by atoms with E-state index in [9.17, 15) is 14.0 Å². The van der Waals surface area contributed by atoms with Gasteiger partial charge in [-0.25, -0.2) is 4.39 Å². The molecule has 0 aromatic heterocycles. The van der Waals surface area contributed by atoms with Crippen molar-refractivity contribution in [3.8, 4) is 5.75 Å². The number of rotatable bonds is 9. The van der Waals surface area contributed by atoms with Crippen molar-refractivity contribution >= 4 is 35.2 Å². The van der Waals surface area contributed by atoms with E-state index in [4.69, 9.17) is 16.3 Å². The molecule has 0 spiro atoms. The number of benzene rings is 2. The van der Waals surface area contributed by atoms with E-state index < -0.39 is 17.4 Å². The average molecular weight is 481 g/mol. The number of thioether (sulfide) groups is 1. The number of ether oxygens (including phenoxy) is 1. The van der Waals surface area contributed by atoms with Crippen LogP contribution in [0, 0.1) is 5.82 Å². The number of hydrogen-bond acceptors (Lipinski definition) is 4. The number of hydrogen-bond donors (Lipinski definition) is 1. The lowest BCUT2D eigenvalue weighted by molar-refractivity contribution is -0.139. The van der Waals surface area contributed by atoms with Crippen LogP contribution in [0.1, 0.15) is 38.8 Å². The number of carbonyl (C=O) groups excluding carboxylic acids is 2. The Bertz CT molecular complexity index is 912. The molecule has 0 bridgehead atoms. The summed E-state index contributed by atoms with van der Waals surface area (Å²) in [5.74, 6) is 0.216. The summed E-state index contributed by atoms with van der Waals surface area (Å²) in [4.78, 5) is 27.4. The highest BCUT2D eigenvalue weighted by Crippen LogP contribution is 2.24. The zero-order valence-corrected chi connectivity index (χ0v) is 20.6. The molecule has 2 rings (SSSR count). The second-order valence-corrected chi connectivity index (χ2v) is 9.87. The summed E-state index contributed by atoms with van der Waals surface area (Å²) in [6.45, 7) is 7.65. The van der Waals surface area contributed by atoms with Crippen LogP contribution in [0.2, 0.25) is 5.02 Å². The standard InChI is InChI=1S/C24H30ClFN2O3S/c1-16(23(30)27-24(2,3)4)28(13-17-9-11-18(31-5)12-10-17)22(29)15-32-14-19-20(25)7-6-8-21(19)26/h6-12,16H,13-15H2,1-5H3,(H,27,30)/t16-/m1/s1. The van der Waals surface area contributed by atoms with Gasteiger partial charge in [0.05, 0.1) is 12.9 Å². The highest BCUT2D eigenvalue weighted by Gasteiger charge is 2.28. The molecule has 1 N–H and O–H groups in total. The quantitative estimate of drug-likeness (QED) is 0.545. The molecule has 2 aromatic carbocycles. The molecule has 2 amide bonds. The van der Waals surface area contributed by atoms with E-state index in [1.807, 2.05) is 45.0 Å². The van der Waals surface area contributed by atoms with Gasteiger partial charge in [0.1, 0.15) is 17.6 Å². The summed E-state index contributed by atoms with van der Waals surface area (Å²) < 4.78 is 19.2. The van der Waals surface area contributed by atoms with Crippen molar-refractivity contribution in [2.24, 2.45) is 0 Å². The molecule has 2 aromatic rings. The summed E-state index contributed by atoms with van der Waals surface area (Å²) >= 11 is 7.34. The normalized spacial score (nSPS) is 12.2. The molecule has 0 aliphatic heterocycles. The van der Waals surface area contributed by atoms with Crippen LogP contribution in [0.3, 0.4) is 0 Å². The number of halogens is 2. The van der Waals surface area contributed by atoms with Crippen molar-refractivity contribution in [3.63, 3.8) is 0 Å². The zero-order chi connectivity index (χ0) is 23.9. The monoisotopic (exact) mass is 480 g/mol. The minimum atomic E-state index is -0.679. The Labute approximate surface area is 198 Å². The van der Waals surface area contributed by atoms with Gasteiger partial charge in [-0.3, -0.25) is 9.59 Å².